The van der Waals surface area contributed by atoms with Crippen LogP contribution in [0, 0.1) is 12.7 Å². The van der Waals surface area contributed by atoms with E-state index in [1.807, 2.05) is 17.7 Å². The maximum Gasteiger partial charge on any atom is 0.145 e. The van der Waals surface area contributed by atoms with E-state index in [0.29, 0.717) is 5.56 Å². The molecule has 0 radical (unpaired) electrons. The molecule has 1 aromatic carbocycles. The van der Waals surface area contributed by atoms with E-state index in [4.69, 9.17) is 11.6 Å². The molecule has 0 spiro atoms. The van der Waals surface area contributed by atoms with Gasteiger partial charge < -0.3 is 5.11 Å². The van der Waals surface area contributed by atoms with Crippen LogP contribution in [-0.2, 0) is 6.42 Å². The molecule has 17 heavy (non-hydrogen) atoms. The monoisotopic (exact) mass is 270 g/mol. The van der Waals surface area contributed by atoms with Crippen LogP contribution in [0.1, 0.15) is 22.8 Å². The second-order valence-corrected chi connectivity index (χ2v) is 5.09. The third-order valence-electron chi connectivity index (χ3n) is 2.70. The van der Waals surface area contributed by atoms with Gasteiger partial charge in [0.25, 0.3) is 0 Å². The zero-order chi connectivity index (χ0) is 12.4. The van der Waals surface area contributed by atoms with Crippen LogP contribution in [0.5, 0.6) is 0 Å². The van der Waals surface area contributed by atoms with Crippen molar-refractivity contribution in [3.05, 3.63) is 56.5 Å². The Bertz CT molecular complexity index is 524. The molecule has 1 N–H and O–H groups in total. The van der Waals surface area contributed by atoms with Crippen LogP contribution in [0.25, 0.3) is 0 Å². The number of hydrogen-bond acceptors (Lipinski definition) is 2. The maximum absolute atomic E-state index is 13.7. The highest BCUT2D eigenvalue weighted by molar-refractivity contribution is 7.08. The molecular formula is C13H12ClFOS. The minimum Gasteiger partial charge on any atom is -0.388 e. The average Bonchev–Trinajstić information content (AvgIpc) is 2.71. The molecule has 0 aliphatic carbocycles. The minimum absolute atomic E-state index is 0.0942. The lowest BCUT2D eigenvalue weighted by atomic mass is 10.0. The van der Waals surface area contributed by atoms with Crippen molar-refractivity contribution in [1.82, 2.24) is 0 Å². The number of thiophene rings is 1. The first-order chi connectivity index (χ1) is 8.09. The Hall–Kier alpha value is -0.900. The van der Waals surface area contributed by atoms with E-state index < -0.39 is 11.9 Å². The first-order valence-corrected chi connectivity index (χ1v) is 6.55. The Labute approximate surface area is 108 Å². The zero-order valence-corrected chi connectivity index (χ0v) is 10.9. The van der Waals surface area contributed by atoms with Gasteiger partial charge in [-0.3, -0.25) is 0 Å². The SMILES string of the molecule is Cc1cscc1C(O)Cc1cccc(Cl)c1F. The maximum atomic E-state index is 13.7. The lowest BCUT2D eigenvalue weighted by Gasteiger charge is -2.11. The van der Waals surface area contributed by atoms with Crippen LogP contribution < -0.4 is 0 Å². The van der Waals surface area contributed by atoms with Crippen molar-refractivity contribution in [2.24, 2.45) is 0 Å². The third-order valence-corrected chi connectivity index (χ3v) is 3.87. The van der Waals surface area contributed by atoms with Crippen LogP contribution in [-0.4, -0.2) is 5.11 Å². The second kappa shape index (κ2) is 5.17. The van der Waals surface area contributed by atoms with Crippen LogP contribution in [0.4, 0.5) is 4.39 Å². The van der Waals surface area contributed by atoms with Gasteiger partial charge in [-0.25, -0.2) is 4.39 Å². The van der Waals surface area contributed by atoms with Gasteiger partial charge in [0, 0.05) is 6.42 Å². The zero-order valence-electron chi connectivity index (χ0n) is 9.28. The fourth-order valence-electron chi connectivity index (χ4n) is 1.74. The molecule has 1 aromatic heterocycles. The molecule has 4 heteroatoms. The average molecular weight is 271 g/mol. The lowest BCUT2D eigenvalue weighted by molar-refractivity contribution is 0.177. The summed E-state index contributed by atoms with van der Waals surface area (Å²) >= 11 is 7.23. The third kappa shape index (κ3) is 2.68. The molecular weight excluding hydrogens is 259 g/mol. The van der Waals surface area contributed by atoms with Crippen molar-refractivity contribution >= 4 is 22.9 Å². The summed E-state index contributed by atoms with van der Waals surface area (Å²) < 4.78 is 13.7. The number of aryl methyl sites for hydroxylation is 1. The van der Waals surface area contributed by atoms with Crippen molar-refractivity contribution in [3.8, 4) is 0 Å². The predicted octanol–water partition coefficient (Wildman–Crippen LogP) is 4.13. The Balaban J connectivity index is 2.22. The first kappa shape index (κ1) is 12.6. The number of rotatable bonds is 3. The highest BCUT2D eigenvalue weighted by Crippen LogP contribution is 2.27. The van der Waals surface area contributed by atoms with Crippen molar-refractivity contribution in [2.45, 2.75) is 19.4 Å². The summed E-state index contributed by atoms with van der Waals surface area (Å²) in [6, 6.07) is 4.84. The molecule has 0 bridgehead atoms. The molecule has 0 amide bonds. The molecule has 90 valence electrons. The lowest BCUT2D eigenvalue weighted by Crippen LogP contribution is -2.04. The Kier molecular flexibility index (Phi) is 3.82. The molecule has 0 fully saturated rings. The number of halogens is 2. The standard InChI is InChI=1S/C13H12ClFOS/c1-8-6-17-7-10(8)12(16)5-9-3-2-4-11(14)13(9)15/h2-4,6-7,12,16H,5H2,1H3. The van der Waals surface area contributed by atoms with E-state index in [1.165, 1.54) is 17.4 Å². The fourth-order valence-corrected chi connectivity index (χ4v) is 2.83. The molecule has 0 aliphatic rings. The van der Waals surface area contributed by atoms with Gasteiger partial charge in [-0.05, 0) is 40.4 Å². The fraction of sp³-hybridized carbons (Fsp3) is 0.231. The van der Waals surface area contributed by atoms with Gasteiger partial charge in [0.1, 0.15) is 5.82 Å². The second-order valence-electron chi connectivity index (χ2n) is 3.94. The molecule has 1 heterocycles. The molecule has 1 atom stereocenters. The predicted molar refractivity (Wildman–Crippen MR) is 69.1 cm³/mol. The minimum atomic E-state index is -0.686. The highest BCUT2D eigenvalue weighted by Gasteiger charge is 2.15. The van der Waals surface area contributed by atoms with Crippen molar-refractivity contribution in [3.63, 3.8) is 0 Å². The van der Waals surface area contributed by atoms with Crippen molar-refractivity contribution in [2.75, 3.05) is 0 Å². The molecule has 0 saturated carbocycles. The molecule has 0 saturated heterocycles. The van der Waals surface area contributed by atoms with Gasteiger partial charge >= 0.3 is 0 Å². The van der Waals surface area contributed by atoms with E-state index in [0.717, 1.165) is 11.1 Å². The van der Waals surface area contributed by atoms with Gasteiger partial charge in [-0.2, -0.15) is 11.3 Å². The van der Waals surface area contributed by atoms with E-state index >= 15 is 0 Å². The largest absolute Gasteiger partial charge is 0.388 e. The molecule has 1 nitrogen and oxygen atoms in total. The van der Waals surface area contributed by atoms with E-state index in [-0.39, 0.29) is 11.4 Å². The smallest absolute Gasteiger partial charge is 0.145 e. The van der Waals surface area contributed by atoms with Crippen molar-refractivity contribution < 1.29 is 9.50 Å². The Morgan fingerprint density at radius 3 is 2.82 bits per heavy atom. The van der Waals surface area contributed by atoms with E-state index in [9.17, 15) is 9.50 Å². The summed E-state index contributed by atoms with van der Waals surface area (Å²) in [4.78, 5) is 0. The number of aliphatic hydroxyl groups excluding tert-OH is 1. The molecule has 2 aromatic rings. The summed E-state index contributed by atoms with van der Waals surface area (Å²) in [6.45, 7) is 1.93. The van der Waals surface area contributed by atoms with E-state index in [1.54, 1.807) is 12.1 Å². The quantitative estimate of drug-likeness (QED) is 0.889. The molecule has 1 unspecified atom stereocenters. The van der Waals surface area contributed by atoms with Crippen LogP contribution >= 0.6 is 22.9 Å². The van der Waals surface area contributed by atoms with Gasteiger partial charge in [0.2, 0.25) is 0 Å². The van der Waals surface area contributed by atoms with Gasteiger partial charge in [-0.15, -0.1) is 0 Å². The first-order valence-electron chi connectivity index (χ1n) is 5.23. The summed E-state index contributed by atoms with van der Waals surface area (Å²) in [5, 5.41) is 14.0. The topological polar surface area (TPSA) is 20.2 Å². The van der Waals surface area contributed by atoms with Gasteiger partial charge in [-0.1, -0.05) is 23.7 Å². The Morgan fingerprint density at radius 1 is 1.41 bits per heavy atom. The summed E-state index contributed by atoms with van der Waals surface area (Å²) in [5.41, 5.74) is 2.33. The van der Waals surface area contributed by atoms with Gasteiger partial charge in [0.05, 0.1) is 11.1 Å². The number of aliphatic hydroxyl groups is 1. The van der Waals surface area contributed by atoms with Crippen LogP contribution in [0.15, 0.2) is 29.0 Å². The van der Waals surface area contributed by atoms with Crippen molar-refractivity contribution in [1.29, 1.82) is 0 Å². The normalized spacial score (nSPS) is 12.7. The summed E-state index contributed by atoms with van der Waals surface area (Å²) in [5.74, 6) is -0.443. The van der Waals surface area contributed by atoms with E-state index in [2.05, 4.69) is 0 Å². The molecule has 0 aliphatic heterocycles. The summed E-state index contributed by atoms with van der Waals surface area (Å²) in [6.07, 6.45) is -0.446. The summed E-state index contributed by atoms with van der Waals surface area (Å²) in [7, 11) is 0. The Morgan fingerprint density at radius 2 is 2.18 bits per heavy atom. The number of hydrogen-bond donors (Lipinski definition) is 1. The highest BCUT2D eigenvalue weighted by atomic mass is 35.5. The van der Waals surface area contributed by atoms with Gasteiger partial charge in [0.15, 0.2) is 0 Å². The molecule has 2 rings (SSSR count). The number of benzene rings is 1. The van der Waals surface area contributed by atoms with Crippen LogP contribution in [0.2, 0.25) is 5.02 Å². The van der Waals surface area contributed by atoms with Crippen LogP contribution in [0.3, 0.4) is 0 Å².